The molecule has 4 rings (SSSR count). The van der Waals surface area contributed by atoms with Crippen molar-refractivity contribution in [1.82, 2.24) is 0 Å². The number of carbonyl (C=O) groups excluding carboxylic acids is 2. The van der Waals surface area contributed by atoms with Crippen LogP contribution in [0.2, 0.25) is 0 Å². The lowest BCUT2D eigenvalue weighted by molar-refractivity contribution is 0.167. The number of carbonyl (C=O) groups is 2. The molecular formula is C37H56N4O8S2. The van der Waals surface area contributed by atoms with Crippen molar-refractivity contribution in [3.63, 3.8) is 0 Å². The molecule has 0 bridgehead atoms. The third-order valence-corrected chi connectivity index (χ3v) is 14.6. The fourth-order valence-electron chi connectivity index (χ4n) is 7.94. The van der Waals surface area contributed by atoms with E-state index in [-0.39, 0.29) is 22.9 Å². The summed E-state index contributed by atoms with van der Waals surface area (Å²) in [5.41, 5.74) is 7.29. The highest BCUT2D eigenvalue weighted by molar-refractivity contribution is 8.08. The highest BCUT2D eigenvalue weighted by Gasteiger charge is 2.37. The molecule has 12 nitrogen and oxygen atoms in total. The average molecular weight is 749 g/mol. The number of hydrogen-bond acceptors (Lipinski definition) is 10. The van der Waals surface area contributed by atoms with Crippen LogP contribution in [0.25, 0.3) is 0 Å². The van der Waals surface area contributed by atoms with Crippen LogP contribution in [0.4, 0.5) is 32.3 Å². The Labute approximate surface area is 304 Å². The summed E-state index contributed by atoms with van der Waals surface area (Å²) in [5.74, 6) is -0.817. The summed E-state index contributed by atoms with van der Waals surface area (Å²) in [7, 11) is -8.30. The maximum absolute atomic E-state index is 12.6. The van der Waals surface area contributed by atoms with E-state index in [1.54, 1.807) is 0 Å². The molecule has 2 amide bonds. The SMILES string of the molecule is CCN1c2cc(C)c(NC(=O)OCCS(=O)(=O)CS(=O)(=O)CCOC(=O)Nc3cc4c(cc3C)N(CC)C(C)(C)CC4C)cc2C(C)CC1(C)C. The molecule has 0 saturated carbocycles. The topological polar surface area (TPSA) is 151 Å². The Balaban J connectivity index is 1.25. The number of anilines is 4. The second kappa shape index (κ2) is 15.2. The smallest absolute Gasteiger partial charge is 0.411 e. The zero-order valence-corrected chi connectivity index (χ0v) is 33.4. The number of aryl methyl sites for hydroxylation is 2. The number of ether oxygens (including phenoxy) is 2. The molecular weight excluding hydrogens is 693 g/mol. The van der Waals surface area contributed by atoms with Crippen molar-refractivity contribution in [2.24, 2.45) is 0 Å². The first kappa shape index (κ1) is 40.3. The van der Waals surface area contributed by atoms with Gasteiger partial charge in [-0.25, -0.2) is 26.4 Å². The van der Waals surface area contributed by atoms with Gasteiger partial charge in [0.1, 0.15) is 13.2 Å². The molecule has 0 aliphatic carbocycles. The van der Waals surface area contributed by atoms with E-state index in [1.807, 2.05) is 38.1 Å². The Hall–Kier alpha value is -3.52. The van der Waals surface area contributed by atoms with Crippen molar-refractivity contribution in [1.29, 1.82) is 0 Å². The Morgan fingerprint density at radius 3 is 1.39 bits per heavy atom. The average Bonchev–Trinajstić information content (AvgIpc) is 2.97. The van der Waals surface area contributed by atoms with E-state index in [0.717, 1.165) is 59.6 Å². The number of rotatable bonds is 12. The van der Waals surface area contributed by atoms with Crippen molar-refractivity contribution >= 4 is 54.6 Å². The van der Waals surface area contributed by atoms with E-state index < -0.39 is 61.7 Å². The minimum absolute atomic E-state index is 0.00196. The van der Waals surface area contributed by atoms with Gasteiger partial charge in [-0.1, -0.05) is 13.8 Å². The molecule has 2 aromatic rings. The monoisotopic (exact) mass is 748 g/mol. The maximum atomic E-state index is 12.6. The van der Waals surface area contributed by atoms with Gasteiger partial charge < -0.3 is 19.3 Å². The van der Waals surface area contributed by atoms with Gasteiger partial charge in [0.15, 0.2) is 24.8 Å². The first-order valence-corrected chi connectivity index (χ1v) is 21.4. The van der Waals surface area contributed by atoms with Crippen LogP contribution in [0, 0.1) is 13.8 Å². The standard InChI is InChI=1S/C37H56N4O8S2/c1-11-40-32-17-24(3)30(19-28(32)26(5)21-36(40,7)8)38-34(42)48-13-15-50(44,45)23-51(46,47)16-14-49-35(43)39-31-20-29-27(6)22-37(9,10)41(12-2)33(29)18-25(31)4/h17-20,26-27H,11-16,21-23H2,1-10H3,(H,38,42)(H,39,43). The van der Waals surface area contributed by atoms with Crippen LogP contribution < -0.4 is 20.4 Å². The van der Waals surface area contributed by atoms with Crippen LogP contribution in [0.1, 0.15) is 102 Å². The summed E-state index contributed by atoms with van der Waals surface area (Å²) in [6.07, 6.45) is 0.238. The van der Waals surface area contributed by atoms with Crippen molar-refractivity contribution in [3.05, 3.63) is 46.5 Å². The second-order valence-electron chi connectivity index (χ2n) is 15.3. The van der Waals surface area contributed by atoms with Crippen molar-refractivity contribution in [2.45, 2.75) is 105 Å². The van der Waals surface area contributed by atoms with Gasteiger partial charge in [-0.2, -0.15) is 0 Å². The molecule has 0 spiro atoms. The summed E-state index contributed by atoms with van der Waals surface area (Å²) in [4.78, 5) is 29.9. The van der Waals surface area contributed by atoms with Crippen molar-refractivity contribution in [3.8, 4) is 0 Å². The van der Waals surface area contributed by atoms with Crippen LogP contribution in [0.3, 0.4) is 0 Å². The summed E-state index contributed by atoms with van der Waals surface area (Å²) < 4.78 is 60.8. The molecule has 2 N–H and O–H groups in total. The summed E-state index contributed by atoms with van der Waals surface area (Å²) >= 11 is 0. The molecule has 2 aromatic carbocycles. The van der Waals surface area contributed by atoms with Crippen molar-refractivity contribution < 1.29 is 35.9 Å². The highest BCUT2D eigenvalue weighted by atomic mass is 32.3. The van der Waals surface area contributed by atoms with E-state index in [1.165, 1.54) is 0 Å². The number of nitrogens with one attached hydrogen (secondary N) is 2. The third kappa shape index (κ3) is 9.48. The molecule has 2 aliphatic rings. The fourth-order valence-corrected chi connectivity index (χ4v) is 11.7. The highest BCUT2D eigenvalue weighted by Crippen LogP contribution is 2.46. The van der Waals surface area contributed by atoms with Crippen LogP contribution in [-0.2, 0) is 29.1 Å². The zero-order chi connectivity index (χ0) is 38.1. The lowest BCUT2D eigenvalue weighted by Gasteiger charge is -2.47. The third-order valence-electron chi connectivity index (χ3n) is 10.2. The summed E-state index contributed by atoms with van der Waals surface area (Å²) in [5, 5.41) is 4.25. The molecule has 2 unspecified atom stereocenters. The van der Waals surface area contributed by atoms with Gasteiger partial charge in [-0.3, -0.25) is 10.6 Å². The van der Waals surface area contributed by atoms with Gasteiger partial charge in [-0.15, -0.1) is 0 Å². The first-order chi connectivity index (χ1) is 23.6. The maximum Gasteiger partial charge on any atom is 0.411 e. The Kier molecular flexibility index (Phi) is 12.0. The number of amides is 2. The summed E-state index contributed by atoms with van der Waals surface area (Å²) in [6, 6.07) is 7.97. The minimum atomic E-state index is -4.15. The second-order valence-corrected chi connectivity index (χ2v) is 20.0. The number of hydrogen-bond donors (Lipinski definition) is 2. The van der Waals surface area contributed by atoms with Crippen LogP contribution in [-0.4, -0.2) is 83.0 Å². The minimum Gasteiger partial charge on any atom is -0.448 e. The van der Waals surface area contributed by atoms with Crippen LogP contribution >= 0.6 is 0 Å². The van der Waals surface area contributed by atoms with E-state index in [2.05, 4.69) is 75.8 Å². The Morgan fingerprint density at radius 1 is 0.706 bits per heavy atom. The molecule has 0 aromatic heterocycles. The molecule has 2 atom stereocenters. The molecule has 2 aliphatic heterocycles. The first-order valence-electron chi connectivity index (χ1n) is 17.7. The quantitative estimate of drug-likeness (QED) is 0.230. The number of nitrogens with zero attached hydrogens (tertiary/aromatic N) is 2. The lowest BCUT2D eigenvalue weighted by Crippen LogP contribution is -2.48. The van der Waals surface area contributed by atoms with E-state index in [0.29, 0.717) is 11.4 Å². The molecule has 0 fully saturated rings. The van der Waals surface area contributed by atoms with Gasteiger partial charge in [0.25, 0.3) is 0 Å². The van der Waals surface area contributed by atoms with Crippen LogP contribution in [0.15, 0.2) is 24.3 Å². The van der Waals surface area contributed by atoms with Crippen molar-refractivity contribution in [2.75, 3.05) is 63.3 Å². The van der Waals surface area contributed by atoms with Gasteiger partial charge in [0, 0.05) is 46.9 Å². The normalized spacial score (nSPS) is 19.5. The lowest BCUT2D eigenvalue weighted by atomic mass is 9.79. The fraction of sp³-hybridized carbons (Fsp3) is 0.622. The molecule has 14 heteroatoms. The largest absolute Gasteiger partial charge is 0.448 e. The van der Waals surface area contributed by atoms with Gasteiger partial charge in [0.2, 0.25) is 0 Å². The van der Waals surface area contributed by atoms with Crippen LogP contribution in [0.5, 0.6) is 0 Å². The molecule has 0 radical (unpaired) electrons. The number of sulfone groups is 2. The Morgan fingerprint density at radius 2 is 1.06 bits per heavy atom. The molecule has 2 heterocycles. The zero-order valence-electron chi connectivity index (χ0n) is 31.8. The van der Waals surface area contributed by atoms with Gasteiger partial charge in [0.05, 0.1) is 11.5 Å². The van der Waals surface area contributed by atoms with Gasteiger partial charge >= 0.3 is 12.2 Å². The molecule has 284 valence electrons. The Bertz CT molecular complexity index is 1720. The van der Waals surface area contributed by atoms with E-state index in [9.17, 15) is 26.4 Å². The molecule has 0 saturated heterocycles. The number of benzene rings is 2. The number of fused-ring (bicyclic) bond motifs is 2. The predicted octanol–water partition coefficient (Wildman–Crippen LogP) is 7.11. The van der Waals surface area contributed by atoms with E-state index >= 15 is 0 Å². The predicted molar refractivity (Wildman–Crippen MR) is 205 cm³/mol. The summed E-state index contributed by atoms with van der Waals surface area (Å²) in [6.45, 7) is 21.8. The van der Waals surface area contributed by atoms with E-state index in [4.69, 9.17) is 9.47 Å². The van der Waals surface area contributed by atoms with Gasteiger partial charge in [-0.05, 0) is 127 Å². The molecule has 51 heavy (non-hydrogen) atoms.